The van der Waals surface area contributed by atoms with Crippen molar-refractivity contribution in [1.82, 2.24) is 0 Å². The van der Waals surface area contributed by atoms with E-state index in [4.69, 9.17) is 5.11 Å². The van der Waals surface area contributed by atoms with Crippen molar-refractivity contribution in [2.24, 2.45) is 5.73 Å². The van der Waals surface area contributed by atoms with Gasteiger partial charge in [-0.2, -0.15) is 0 Å². The number of nitrogens with two attached hydrogens (primary N) is 1. The Balaban J connectivity index is 0. The van der Waals surface area contributed by atoms with E-state index in [1.165, 1.54) is 0 Å². The van der Waals surface area contributed by atoms with Crippen LogP contribution in [0.5, 0.6) is 0 Å². The zero-order valence-corrected chi connectivity index (χ0v) is 3.88. The Hall–Kier alpha value is -0.0505. The van der Waals surface area contributed by atoms with E-state index < -0.39 is 5.97 Å². The van der Waals surface area contributed by atoms with Crippen molar-refractivity contribution in [3.63, 3.8) is 0 Å². The molecular weight excluding hydrogens is 134 g/mol. The molecule has 0 aromatic rings. The molecule has 0 amide bonds. The molecular formula is C2H5CuNO2+. The minimum Gasteiger partial charge on any atom is -0.480 e. The summed E-state index contributed by atoms with van der Waals surface area (Å²) in [7, 11) is 0. The molecule has 0 rings (SSSR count). The van der Waals surface area contributed by atoms with E-state index in [1.807, 2.05) is 0 Å². The molecule has 40 valence electrons. The fourth-order valence-electron chi connectivity index (χ4n) is 0. The first-order valence-electron chi connectivity index (χ1n) is 1.19. The van der Waals surface area contributed by atoms with E-state index in [9.17, 15) is 4.79 Å². The van der Waals surface area contributed by atoms with E-state index in [0.29, 0.717) is 0 Å². The van der Waals surface area contributed by atoms with Crippen LogP contribution in [0, 0.1) is 0 Å². The number of hydrogen-bond acceptors (Lipinski definition) is 2. The van der Waals surface area contributed by atoms with Crippen LogP contribution in [0.2, 0.25) is 0 Å². The predicted octanol–water partition coefficient (Wildman–Crippen LogP) is -0.973. The van der Waals surface area contributed by atoms with Crippen molar-refractivity contribution in [3.05, 3.63) is 0 Å². The summed E-state index contributed by atoms with van der Waals surface area (Å²) in [4.78, 5) is 9.24. The molecule has 6 heavy (non-hydrogen) atoms. The third kappa shape index (κ3) is 9.04. The van der Waals surface area contributed by atoms with Crippen molar-refractivity contribution in [2.45, 2.75) is 0 Å². The van der Waals surface area contributed by atoms with Crippen LogP contribution in [0.15, 0.2) is 0 Å². The van der Waals surface area contributed by atoms with Gasteiger partial charge in [-0.3, -0.25) is 4.79 Å². The van der Waals surface area contributed by atoms with E-state index in [1.54, 1.807) is 0 Å². The number of carbonyl (C=O) groups is 1. The van der Waals surface area contributed by atoms with Crippen LogP contribution in [-0.4, -0.2) is 17.6 Å². The van der Waals surface area contributed by atoms with Gasteiger partial charge < -0.3 is 10.8 Å². The smallest absolute Gasteiger partial charge is 0.480 e. The standard InChI is InChI=1S/C2H5NO2.Cu/c3-1-2(4)5;/h1,3H2,(H,4,5);/q;+1. The van der Waals surface area contributed by atoms with Gasteiger partial charge in [0.2, 0.25) is 0 Å². The number of hydrogen-bond donors (Lipinski definition) is 2. The molecule has 0 aromatic carbocycles. The van der Waals surface area contributed by atoms with Crippen LogP contribution in [0.4, 0.5) is 0 Å². The zero-order valence-electron chi connectivity index (χ0n) is 2.94. The van der Waals surface area contributed by atoms with Crippen molar-refractivity contribution in [2.75, 3.05) is 6.54 Å². The van der Waals surface area contributed by atoms with Gasteiger partial charge in [0.05, 0.1) is 6.54 Å². The quantitative estimate of drug-likeness (QED) is 0.459. The fraction of sp³-hybridized carbons (Fsp3) is 0.500. The molecule has 0 unspecified atom stereocenters. The Morgan fingerprint density at radius 1 is 1.83 bits per heavy atom. The summed E-state index contributed by atoms with van der Waals surface area (Å²) >= 11 is 0. The monoisotopic (exact) mass is 138 g/mol. The molecule has 0 saturated heterocycles. The Kier molecular flexibility index (Phi) is 7.71. The minimum atomic E-state index is -0.968. The van der Waals surface area contributed by atoms with Gasteiger partial charge in [0, 0.05) is 0 Å². The number of aliphatic carboxylic acids is 1. The third-order valence-electron chi connectivity index (χ3n) is 0.175. The van der Waals surface area contributed by atoms with Gasteiger partial charge in [-0.05, 0) is 0 Å². The average Bonchev–Trinajstić information content (AvgIpc) is 1.38. The van der Waals surface area contributed by atoms with Crippen LogP contribution in [0.25, 0.3) is 0 Å². The summed E-state index contributed by atoms with van der Waals surface area (Å²) in [6, 6.07) is 0. The first-order chi connectivity index (χ1) is 2.27. The summed E-state index contributed by atoms with van der Waals surface area (Å²) in [5.74, 6) is -0.968. The summed E-state index contributed by atoms with van der Waals surface area (Å²) in [5.41, 5.74) is 4.57. The van der Waals surface area contributed by atoms with Gasteiger partial charge >= 0.3 is 23.0 Å². The predicted molar refractivity (Wildman–Crippen MR) is 16.7 cm³/mol. The van der Waals surface area contributed by atoms with E-state index >= 15 is 0 Å². The van der Waals surface area contributed by atoms with Gasteiger partial charge in [-0.1, -0.05) is 0 Å². The van der Waals surface area contributed by atoms with Crippen molar-refractivity contribution in [1.29, 1.82) is 0 Å². The molecule has 0 spiro atoms. The SMILES string of the molecule is NCC(=O)O.[Cu+]. The van der Waals surface area contributed by atoms with E-state index in [-0.39, 0.29) is 23.6 Å². The second-order valence-electron chi connectivity index (χ2n) is 0.598. The summed E-state index contributed by atoms with van der Waals surface area (Å²) in [5, 5.41) is 7.60. The average molecular weight is 139 g/mol. The van der Waals surface area contributed by atoms with Crippen molar-refractivity contribution < 1.29 is 27.0 Å². The number of carboxylic acid groups (broad SMARTS) is 1. The van der Waals surface area contributed by atoms with Crippen molar-refractivity contribution >= 4 is 5.97 Å². The van der Waals surface area contributed by atoms with Crippen LogP contribution in [0.1, 0.15) is 0 Å². The van der Waals surface area contributed by atoms with Crippen LogP contribution >= 0.6 is 0 Å². The molecule has 3 nitrogen and oxygen atoms in total. The topological polar surface area (TPSA) is 63.3 Å². The molecule has 0 atom stereocenters. The number of carboxylic acids is 1. The molecule has 0 saturated carbocycles. The van der Waals surface area contributed by atoms with Gasteiger partial charge in [0.1, 0.15) is 0 Å². The van der Waals surface area contributed by atoms with Crippen LogP contribution < -0.4 is 5.73 Å². The van der Waals surface area contributed by atoms with Gasteiger partial charge in [-0.15, -0.1) is 0 Å². The maximum Gasteiger partial charge on any atom is 1.00 e. The first kappa shape index (κ1) is 9.34. The second-order valence-corrected chi connectivity index (χ2v) is 0.598. The molecule has 0 heterocycles. The molecule has 0 aliphatic heterocycles. The normalized spacial score (nSPS) is 6.17. The third-order valence-corrected chi connectivity index (χ3v) is 0.175. The molecule has 0 radical (unpaired) electrons. The molecule has 3 N–H and O–H groups in total. The first-order valence-corrected chi connectivity index (χ1v) is 1.19. The summed E-state index contributed by atoms with van der Waals surface area (Å²) in [6.07, 6.45) is 0. The molecule has 4 heteroatoms. The van der Waals surface area contributed by atoms with Gasteiger partial charge in [0.15, 0.2) is 0 Å². The number of rotatable bonds is 1. The maximum absolute atomic E-state index is 9.24. The summed E-state index contributed by atoms with van der Waals surface area (Å²) in [6.45, 7) is -0.278. The molecule has 0 bridgehead atoms. The molecule has 0 aliphatic carbocycles. The van der Waals surface area contributed by atoms with E-state index in [2.05, 4.69) is 5.73 Å². The largest absolute Gasteiger partial charge is 1.00 e. The molecule has 0 aliphatic rings. The summed E-state index contributed by atoms with van der Waals surface area (Å²) < 4.78 is 0. The van der Waals surface area contributed by atoms with Crippen LogP contribution in [-0.2, 0) is 21.9 Å². The Labute approximate surface area is 46.0 Å². The fourth-order valence-corrected chi connectivity index (χ4v) is 0. The molecule has 0 aromatic heterocycles. The Bertz CT molecular complexity index is 46.8. The van der Waals surface area contributed by atoms with Gasteiger partial charge in [-0.25, -0.2) is 0 Å². The minimum absolute atomic E-state index is 0. The van der Waals surface area contributed by atoms with Gasteiger partial charge in [0.25, 0.3) is 0 Å². The second kappa shape index (κ2) is 4.95. The Morgan fingerprint density at radius 3 is 2.00 bits per heavy atom. The van der Waals surface area contributed by atoms with Crippen LogP contribution in [0.3, 0.4) is 0 Å². The van der Waals surface area contributed by atoms with Crippen molar-refractivity contribution in [3.8, 4) is 0 Å². The van der Waals surface area contributed by atoms with E-state index in [0.717, 1.165) is 0 Å². The Morgan fingerprint density at radius 2 is 2.00 bits per heavy atom. The zero-order chi connectivity index (χ0) is 4.28. The maximum atomic E-state index is 9.24. The molecule has 0 fully saturated rings.